The molecule has 8 heteroatoms. The Bertz CT molecular complexity index is 877. The number of nitrogens with one attached hydrogen (secondary N) is 1. The molecule has 28 heavy (non-hydrogen) atoms. The molecule has 0 saturated carbocycles. The Labute approximate surface area is 165 Å². The van der Waals surface area contributed by atoms with Crippen molar-refractivity contribution >= 4 is 10.0 Å². The fourth-order valence-corrected chi connectivity index (χ4v) is 4.27. The summed E-state index contributed by atoms with van der Waals surface area (Å²) in [4.78, 5) is 2.16. The molecule has 1 aliphatic heterocycles. The Morgan fingerprint density at radius 2 is 2.04 bits per heavy atom. The van der Waals surface area contributed by atoms with Crippen LogP contribution in [0.2, 0.25) is 0 Å². The van der Waals surface area contributed by atoms with Crippen molar-refractivity contribution in [1.29, 1.82) is 0 Å². The maximum atomic E-state index is 13.8. The molecule has 1 heterocycles. The topological polar surface area (TPSA) is 67.9 Å². The van der Waals surface area contributed by atoms with Gasteiger partial charge >= 0.3 is 0 Å². The van der Waals surface area contributed by atoms with Gasteiger partial charge in [-0.1, -0.05) is 30.3 Å². The van der Waals surface area contributed by atoms with Crippen molar-refractivity contribution in [3.63, 3.8) is 0 Å². The van der Waals surface area contributed by atoms with Gasteiger partial charge in [-0.2, -0.15) is 0 Å². The number of halogens is 1. The van der Waals surface area contributed by atoms with Gasteiger partial charge in [0.1, 0.15) is 0 Å². The smallest absolute Gasteiger partial charge is 0.240 e. The lowest BCUT2D eigenvalue weighted by Crippen LogP contribution is -2.39. The molecule has 0 aromatic heterocycles. The minimum Gasteiger partial charge on any atom is -0.494 e. The molecule has 0 spiro atoms. The van der Waals surface area contributed by atoms with Crippen LogP contribution in [-0.4, -0.2) is 53.2 Å². The van der Waals surface area contributed by atoms with Crippen LogP contribution in [0.1, 0.15) is 18.1 Å². The fourth-order valence-electron chi connectivity index (χ4n) is 3.18. The normalized spacial score (nSPS) is 18.1. The predicted octanol–water partition coefficient (Wildman–Crippen LogP) is 2.58. The molecular weight excluding hydrogens is 383 g/mol. The molecule has 3 rings (SSSR count). The molecule has 1 saturated heterocycles. The number of nitrogens with zero attached hydrogens (tertiary/aromatic N) is 1. The first-order valence-electron chi connectivity index (χ1n) is 9.22. The first-order valence-corrected chi connectivity index (χ1v) is 10.7. The zero-order valence-electron chi connectivity index (χ0n) is 15.8. The van der Waals surface area contributed by atoms with Crippen LogP contribution in [0.4, 0.5) is 4.39 Å². The predicted molar refractivity (Wildman–Crippen MR) is 104 cm³/mol. The molecule has 0 bridgehead atoms. The highest BCUT2D eigenvalue weighted by molar-refractivity contribution is 7.89. The lowest BCUT2D eigenvalue weighted by atomic mass is 10.1. The molecule has 1 fully saturated rings. The van der Waals surface area contributed by atoms with Crippen molar-refractivity contribution in [3.8, 4) is 5.75 Å². The summed E-state index contributed by atoms with van der Waals surface area (Å²) in [6.07, 6.45) is 0.688. The van der Waals surface area contributed by atoms with Crippen molar-refractivity contribution < 1.29 is 22.3 Å². The molecule has 1 unspecified atom stereocenters. The number of methoxy groups -OCH3 is 1. The quantitative estimate of drug-likeness (QED) is 0.680. The molecule has 1 aliphatic rings. The molecule has 2 aromatic carbocycles. The highest BCUT2D eigenvalue weighted by atomic mass is 32.2. The van der Waals surface area contributed by atoms with E-state index in [0.717, 1.165) is 31.3 Å². The van der Waals surface area contributed by atoms with E-state index in [4.69, 9.17) is 9.47 Å². The van der Waals surface area contributed by atoms with Crippen LogP contribution in [-0.2, 0) is 14.8 Å². The molecule has 6 nitrogen and oxygen atoms in total. The monoisotopic (exact) mass is 408 g/mol. The van der Waals surface area contributed by atoms with Crippen molar-refractivity contribution in [3.05, 3.63) is 59.9 Å². The zero-order valence-corrected chi connectivity index (χ0v) is 16.6. The molecular formula is C20H25FN2O4S. The first kappa shape index (κ1) is 20.7. The SMILES string of the molecule is COc1ccc(S(=O)(=O)NCCCN2CCOC(c3ccccc3)C2)cc1F. The molecule has 1 atom stereocenters. The van der Waals surface area contributed by atoms with Gasteiger partial charge in [0.25, 0.3) is 0 Å². The number of morpholine rings is 1. The van der Waals surface area contributed by atoms with Gasteiger partial charge in [0, 0.05) is 19.6 Å². The largest absolute Gasteiger partial charge is 0.494 e. The molecule has 152 valence electrons. The highest BCUT2D eigenvalue weighted by Crippen LogP contribution is 2.22. The van der Waals surface area contributed by atoms with Crippen molar-refractivity contribution in [2.45, 2.75) is 17.4 Å². The lowest BCUT2D eigenvalue weighted by molar-refractivity contribution is -0.0300. The summed E-state index contributed by atoms with van der Waals surface area (Å²) in [7, 11) is -2.42. The molecule has 2 aromatic rings. The summed E-state index contributed by atoms with van der Waals surface area (Å²) < 4.78 is 51.6. The number of rotatable bonds is 8. The molecule has 1 N–H and O–H groups in total. The number of benzene rings is 2. The summed E-state index contributed by atoms with van der Waals surface area (Å²) in [5, 5.41) is 0. The summed E-state index contributed by atoms with van der Waals surface area (Å²) in [6.45, 7) is 3.28. The summed E-state index contributed by atoms with van der Waals surface area (Å²) in [6, 6.07) is 13.7. The van der Waals surface area contributed by atoms with E-state index in [2.05, 4.69) is 21.8 Å². The van der Waals surface area contributed by atoms with Gasteiger partial charge in [-0.25, -0.2) is 17.5 Å². The van der Waals surface area contributed by atoms with Crippen molar-refractivity contribution in [2.24, 2.45) is 0 Å². The van der Waals surface area contributed by atoms with E-state index in [1.54, 1.807) is 0 Å². The van der Waals surface area contributed by atoms with Crippen molar-refractivity contribution in [1.82, 2.24) is 9.62 Å². The van der Waals surface area contributed by atoms with Crippen LogP contribution in [0.25, 0.3) is 0 Å². The summed E-state index contributed by atoms with van der Waals surface area (Å²) >= 11 is 0. The van der Waals surface area contributed by atoms with Gasteiger partial charge in [-0.15, -0.1) is 0 Å². The number of sulfonamides is 1. The van der Waals surface area contributed by atoms with Gasteiger partial charge in [0.15, 0.2) is 11.6 Å². The Kier molecular flexibility index (Phi) is 7.01. The highest BCUT2D eigenvalue weighted by Gasteiger charge is 2.22. The third-order valence-electron chi connectivity index (χ3n) is 4.70. The van der Waals surface area contributed by atoms with Gasteiger partial charge < -0.3 is 9.47 Å². The average molecular weight is 408 g/mol. The van der Waals surface area contributed by atoms with E-state index in [9.17, 15) is 12.8 Å². The number of hydrogen-bond acceptors (Lipinski definition) is 5. The Morgan fingerprint density at radius 1 is 1.25 bits per heavy atom. The Morgan fingerprint density at radius 3 is 2.75 bits per heavy atom. The second-order valence-corrected chi connectivity index (χ2v) is 8.39. The maximum absolute atomic E-state index is 13.8. The van der Waals surface area contributed by atoms with Gasteiger partial charge in [0.05, 0.1) is 24.7 Å². The fraction of sp³-hybridized carbons (Fsp3) is 0.400. The van der Waals surface area contributed by atoms with E-state index < -0.39 is 15.8 Å². The van der Waals surface area contributed by atoms with Gasteiger partial charge in [-0.05, 0) is 36.7 Å². The zero-order chi connectivity index (χ0) is 20.0. The van der Waals surface area contributed by atoms with E-state index in [1.807, 2.05) is 18.2 Å². The average Bonchev–Trinajstić information content (AvgIpc) is 2.72. The molecule has 0 amide bonds. The standard InChI is InChI=1S/C20H25FN2O4S/c1-26-19-9-8-17(14-18(19)21)28(24,25)22-10-5-11-23-12-13-27-20(15-23)16-6-3-2-4-7-16/h2-4,6-9,14,20,22H,5,10-13,15H2,1H3. The van der Waals surface area contributed by atoms with Crippen LogP contribution >= 0.6 is 0 Å². The minimum absolute atomic E-state index is 0.0132. The van der Waals surface area contributed by atoms with Crippen LogP contribution in [0, 0.1) is 5.82 Å². The Balaban J connectivity index is 1.48. The second kappa shape index (κ2) is 9.47. The van der Waals surface area contributed by atoms with Crippen LogP contribution in [0.5, 0.6) is 5.75 Å². The summed E-state index contributed by atoms with van der Waals surface area (Å²) in [5.41, 5.74) is 1.15. The number of ether oxygens (including phenoxy) is 2. The first-order chi connectivity index (χ1) is 13.5. The van der Waals surface area contributed by atoms with Crippen LogP contribution in [0.3, 0.4) is 0 Å². The van der Waals surface area contributed by atoms with E-state index in [1.165, 1.54) is 19.2 Å². The Hall–Kier alpha value is -2.00. The second-order valence-electron chi connectivity index (χ2n) is 6.62. The summed E-state index contributed by atoms with van der Waals surface area (Å²) in [5.74, 6) is -0.690. The molecule has 0 aliphatic carbocycles. The van der Waals surface area contributed by atoms with E-state index in [0.29, 0.717) is 13.0 Å². The van der Waals surface area contributed by atoms with Gasteiger partial charge in [-0.3, -0.25) is 4.90 Å². The third-order valence-corrected chi connectivity index (χ3v) is 6.16. The number of hydrogen-bond donors (Lipinski definition) is 1. The third kappa shape index (κ3) is 5.29. The minimum atomic E-state index is -3.75. The van der Waals surface area contributed by atoms with Crippen LogP contribution < -0.4 is 9.46 Å². The van der Waals surface area contributed by atoms with Crippen molar-refractivity contribution in [2.75, 3.05) is 39.9 Å². The molecule has 0 radical (unpaired) electrons. The van der Waals surface area contributed by atoms with E-state index >= 15 is 0 Å². The maximum Gasteiger partial charge on any atom is 0.240 e. The van der Waals surface area contributed by atoms with Gasteiger partial charge in [0.2, 0.25) is 10.0 Å². The lowest BCUT2D eigenvalue weighted by Gasteiger charge is -2.33. The van der Waals surface area contributed by atoms with Crippen LogP contribution in [0.15, 0.2) is 53.4 Å². The van der Waals surface area contributed by atoms with E-state index in [-0.39, 0.29) is 23.3 Å².